The zero-order chi connectivity index (χ0) is 16.1. The molecule has 3 aromatic rings. The third-order valence-corrected chi connectivity index (χ3v) is 4.36. The average Bonchev–Trinajstić information content (AvgIpc) is 3.05. The second-order valence-electron chi connectivity index (χ2n) is 5.70. The van der Waals surface area contributed by atoms with E-state index in [1.54, 1.807) is 0 Å². The Hall–Kier alpha value is -3.20. The molecule has 0 aliphatic carbocycles. The smallest absolute Gasteiger partial charge is 0.244 e. The number of allylic oxidation sites excluding steroid dienone is 1. The fourth-order valence-electron chi connectivity index (χ4n) is 3.36. The zero-order valence-electron chi connectivity index (χ0n) is 12.8. The quantitative estimate of drug-likeness (QED) is 0.643. The van der Waals surface area contributed by atoms with Crippen molar-refractivity contribution >= 4 is 10.9 Å². The first-order valence-corrected chi connectivity index (χ1v) is 7.31. The van der Waals surface area contributed by atoms with Gasteiger partial charge in [0.1, 0.15) is 11.6 Å². The number of hydrogen-bond acceptors (Lipinski definition) is 4. The minimum Gasteiger partial charge on any atom is -0.420 e. The molecule has 0 fully saturated rings. The molecule has 2 aromatic heterocycles. The highest BCUT2D eigenvalue weighted by molar-refractivity contribution is 5.87. The number of fused-ring (bicyclic) bond motifs is 2. The van der Waals surface area contributed by atoms with Crippen molar-refractivity contribution in [3.05, 3.63) is 58.2 Å². The predicted octanol–water partition coefficient (Wildman–Crippen LogP) is 2.73. The summed E-state index contributed by atoms with van der Waals surface area (Å²) in [6, 6.07) is 10.3. The molecule has 1 aliphatic rings. The summed E-state index contributed by atoms with van der Waals surface area (Å²) in [5, 5.41) is 17.8. The van der Waals surface area contributed by atoms with E-state index in [4.69, 9.17) is 10.5 Å². The van der Waals surface area contributed by atoms with Crippen molar-refractivity contribution in [3.8, 4) is 11.9 Å². The standard InChI is InChI=1S/C17H15N5O/c1-8-13(10-5-3-4-6-12(10)20-8)15-11(7-18)16(19)23-17-14(15)9(2)21-22-17/h3-6,15,20H,19H2,1-2H3,(H,21,22)/t15-/m1/s1. The Morgan fingerprint density at radius 1 is 1.22 bits per heavy atom. The zero-order valence-corrected chi connectivity index (χ0v) is 12.8. The number of aryl methyl sites for hydroxylation is 2. The molecule has 4 N–H and O–H groups in total. The van der Waals surface area contributed by atoms with Gasteiger partial charge < -0.3 is 15.5 Å². The second-order valence-corrected chi connectivity index (χ2v) is 5.70. The summed E-state index contributed by atoms with van der Waals surface area (Å²) in [6.45, 7) is 3.92. The lowest BCUT2D eigenvalue weighted by Crippen LogP contribution is -2.21. The lowest BCUT2D eigenvalue weighted by Gasteiger charge is -2.23. The fourth-order valence-corrected chi connectivity index (χ4v) is 3.36. The summed E-state index contributed by atoms with van der Waals surface area (Å²) in [7, 11) is 0. The van der Waals surface area contributed by atoms with Gasteiger partial charge in [0.25, 0.3) is 0 Å². The van der Waals surface area contributed by atoms with Crippen LogP contribution in [0.4, 0.5) is 0 Å². The number of nitrogens with one attached hydrogen (secondary N) is 2. The molecule has 0 saturated carbocycles. The molecule has 3 heterocycles. The van der Waals surface area contributed by atoms with Gasteiger partial charge in [-0.3, -0.25) is 5.10 Å². The van der Waals surface area contributed by atoms with E-state index < -0.39 is 0 Å². The Bertz CT molecular complexity index is 1000. The van der Waals surface area contributed by atoms with Crippen LogP contribution in [0.15, 0.2) is 35.7 Å². The Labute approximate surface area is 132 Å². The second kappa shape index (κ2) is 4.65. The lowest BCUT2D eigenvalue weighted by molar-refractivity contribution is 0.379. The van der Waals surface area contributed by atoms with E-state index in [0.29, 0.717) is 11.5 Å². The van der Waals surface area contributed by atoms with E-state index in [0.717, 1.165) is 33.4 Å². The van der Waals surface area contributed by atoms with Gasteiger partial charge in [-0.2, -0.15) is 5.26 Å². The van der Waals surface area contributed by atoms with Crippen molar-refractivity contribution in [3.63, 3.8) is 0 Å². The van der Waals surface area contributed by atoms with Gasteiger partial charge in [0.15, 0.2) is 0 Å². The van der Waals surface area contributed by atoms with Crippen molar-refractivity contribution in [1.29, 1.82) is 5.26 Å². The largest absolute Gasteiger partial charge is 0.420 e. The average molecular weight is 305 g/mol. The van der Waals surface area contributed by atoms with Crippen LogP contribution in [-0.2, 0) is 0 Å². The van der Waals surface area contributed by atoms with Crippen molar-refractivity contribution in [1.82, 2.24) is 15.2 Å². The SMILES string of the molecule is Cc1[nH]nc2c1[C@@H](c1c(C)[nH]c3ccccc13)C(C#N)=C(N)O2. The maximum absolute atomic E-state index is 9.64. The molecule has 23 heavy (non-hydrogen) atoms. The molecule has 114 valence electrons. The van der Waals surface area contributed by atoms with Gasteiger partial charge in [-0.1, -0.05) is 18.2 Å². The molecule has 1 atom stereocenters. The molecule has 6 heteroatoms. The minimum atomic E-state index is -0.293. The van der Waals surface area contributed by atoms with Crippen molar-refractivity contribution in [2.24, 2.45) is 5.73 Å². The van der Waals surface area contributed by atoms with Gasteiger partial charge in [-0.15, -0.1) is 5.10 Å². The Morgan fingerprint density at radius 3 is 2.78 bits per heavy atom. The number of aromatic amines is 2. The van der Waals surface area contributed by atoms with E-state index >= 15 is 0 Å². The number of H-pyrrole nitrogens is 2. The number of ether oxygens (including phenoxy) is 1. The number of hydrogen-bond donors (Lipinski definition) is 3. The van der Waals surface area contributed by atoms with E-state index in [2.05, 4.69) is 21.3 Å². The Kier molecular flexibility index (Phi) is 2.72. The van der Waals surface area contributed by atoms with Crippen LogP contribution in [0.5, 0.6) is 5.88 Å². The molecule has 0 unspecified atom stereocenters. The summed E-state index contributed by atoms with van der Waals surface area (Å²) in [5.74, 6) is 0.258. The molecule has 0 spiro atoms. The van der Waals surface area contributed by atoms with Gasteiger partial charge >= 0.3 is 0 Å². The van der Waals surface area contributed by atoms with Gasteiger partial charge in [-0.05, 0) is 25.5 Å². The maximum atomic E-state index is 9.64. The monoisotopic (exact) mass is 305 g/mol. The summed E-state index contributed by atoms with van der Waals surface area (Å²) in [4.78, 5) is 3.38. The number of para-hydroxylation sites is 1. The number of nitrogens with two attached hydrogens (primary N) is 1. The molecule has 0 bridgehead atoms. The third-order valence-electron chi connectivity index (χ3n) is 4.36. The molecule has 6 nitrogen and oxygen atoms in total. The third kappa shape index (κ3) is 1.77. The van der Waals surface area contributed by atoms with Crippen LogP contribution in [0.3, 0.4) is 0 Å². The van der Waals surface area contributed by atoms with Gasteiger partial charge in [0.2, 0.25) is 11.8 Å². The van der Waals surface area contributed by atoms with E-state index in [9.17, 15) is 5.26 Å². The molecule has 4 rings (SSSR count). The maximum Gasteiger partial charge on any atom is 0.244 e. The van der Waals surface area contributed by atoms with Gasteiger partial charge in [-0.25, -0.2) is 0 Å². The highest BCUT2D eigenvalue weighted by Crippen LogP contribution is 2.45. The normalized spacial score (nSPS) is 17.0. The van der Waals surface area contributed by atoms with Gasteiger partial charge in [0, 0.05) is 27.9 Å². The van der Waals surface area contributed by atoms with Crippen LogP contribution in [0, 0.1) is 25.2 Å². The van der Waals surface area contributed by atoms with Crippen molar-refractivity contribution in [2.45, 2.75) is 19.8 Å². The van der Waals surface area contributed by atoms with Crippen LogP contribution in [0.25, 0.3) is 10.9 Å². The van der Waals surface area contributed by atoms with Crippen LogP contribution < -0.4 is 10.5 Å². The number of benzene rings is 1. The molecule has 0 saturated heterocycles. The predicted molar refractivity (Wildman–Crippen MR) is 85.7 cm³/mol. The summed E-state index contributed by atoms with van der Waals surface area (Å²) < 4.78 is 5.52. The van der Waals surface area contributed by atoms with E-state index in [1.807, 2.05) is 38.1 Å². The first-order valence-electron chi connectivity index (χ1n) is 7.31. The Morgan fingerprint density at radius 2 is 2.00 bits per heavy atom. The van der Waals surface area contributed by atoms with Crippen molar-refractivity contribution < 1.29 is 4.74 Å². The minimum absolute atomic E-state index is 0.112. The fraction of sp³-hybridized carbons (Fsp3) is 0.176. The highest BCUT2D eigenvalue weighted by Gasteiger charge is 2.36. The summed E-state index contributed by atoms with van der Waals surface area (Å²) in [6.07, 6.45) is 0. The first kappa shape index (κ1) is 13.5. The van der Waals surface area contributed by atoms with Crippen LogP contribution in [0.1, 0.15) is 28.4 Å². The molecule has 1 aromatic carbocycles. The molecular weight excluding hydrogens is 290 g/mol. The molecular formula is C17H15N5O. The number of aromatic nitrogens is 3. The van der Waals surface area contributed by atoms with E-state index in [-0.39, 0.29) is 11.8 Å². The molecule has 0 radical (unpaired) electrons. The summed E-state index contributed by atoms with van der Waals surface area (Å²) in [5.41, 5.74) is 11.2. The number of nitrogens with zero attached hydrogens (tertiary/aromatic N) is 2. The molecule has 1 aliphatic heterocycles. The van der Waals surface area contributed by atoms with Gasteiger partial charge in [0.05, 0.1) is 5.92 Å². The van der Waals surface area contributed by atoms with Crippen LogP contribution >= 0.6 is 0 Å². The number of rotatable bonds is 1. The highest BCUT2D eigenvalue weighted by atomic mass is 16.5. The molecule has 0 amide bonds. The lowest BCUT2D eigenvalue weighted by atomic mass is 9.83. The Balaban J connectivity index is 2.08. The summed E-state index contributed by atoms with van der Waals surface area (Å²) >= 11 is 0. The number of nitriles is 1. The van der Waals surface area contributed by atoms with Crippen LogP contribution in [-0.4, -0.2) is 15.2 Å². The first-order chi connectivity index (χ1) is 11.1. The topological polar surface area (TPSA) is 104 Å². The van der Waals surface area contributed by atoms with Crippen LogP contribution in [0.2, 0.25) is 0 Å². The van der Waals surface area contributed by atoms with Crippen molar-refractivity contribution in [2.75, 3.05) is 0 Å². The van der Waals surface area contributed by atoms with E-state index in [1.165, 1.54) is 0 Å².